The molecule has 130 valence electrons. The summed E-state index contributed by atoms with van der Waals surface area (Å²) in [6, 6.07) is 0. The molecule has 1 saturated heterocycles. The maximum atomic E-state index is 12.1. The van der Waals surface area contributed by atoms with Crippen molar-refractivity contribution >= 4 is 6.09 Å². The summed E-state index contributed by atoms with van der Waals surface area (Å²) in [5.74, 6) is 0. The van der Waals surface area contributed by atoms with Crippen molar-refractivity contribution in [3.8, 4) is 0 Å². The van der Waals surface area contributed by atoms with Crippen LogP contribution in [0.2, 0.25) is 0 Å². The molecule has 5 heteroatoms. The average molecular weight is 314 g/mol. The molecular formula is C17H34N2O3. The van der Waals surface area contributed by atoms with Crippen LogP contribution >= 0.6 is 0 Å². The van der Waals surface area contributed by atoms with Gasteiger partial charge >= 0.3 is 6.09 Å². The Morgan fingerprint density at radius 2 is 1.73 bits per heavy atom. The van der Waals surface area contributed by atoms with E-state index in [0.717, 1.165) is 39.1 Å². The lowest BCUT2D eigenvalue weighted by molar-refractivity contribution is -0.0766. The number of likely N-dealkylation sites (N-methyl/N-ethyl adjacent to an activating group) is 1. The summed E-state index contributed by atoms with van der Waals surface area (Å²) in [4.78, 5) is 16.2. The zero-order valence-corrected chi connectivity index (χ0v) is 15.3. The molecule has 1 aliphatic rings. The minimum Gasteiger partial charge on any atom is -0.444 e. The number of hydrogen-bond acceptors (Lipinski definition) is 4. The Kier molecular flexibility index (Phi) is 7.13. The molecule has 1 rings (SSSR count). The van der Waals surface area contributed by atoms with Gasteiger partial charge in [-0.3, -0.25) is 0 Å². The smallest absolute Gasteiger partial charge is 0.410 e. The fourth-order valence-electron chi connectivity index (χ4n) is 2.59. The monoisotopic (exact) mass is 314 g/mol. The Bertz CT molecular complexity index is 340. The van der Waals surface area contributed by atoms with Gasteiger partial charge in [-0.2, -0.15) is 0 Å². The van der Waals surface area contributed by atoms with E-state index in [2.05, 4.69) is 25.7 Å². The summed E-state index contributed by atoms with van der Waals surface area (Å²) in [6.45, 7) is 17.4. The zero-order chi connectivity index (χ0) is 16.8. The van der Waals surface area contributed by atoms with Crippen molar-refractivity contribution in [2.45, 2.75) is 65.6 Å². The first-order valence-electron chi connectivity index (χ1n) is 8.53. The van der Waals surface area contributed by atoms with Crippen molar-refractivity contribution in [3.05, 3.63) is 0 Å². The van der Waals surface area contributed by atoms with Gasteiger partial charge in [0.05, 0.1) is 12.2 Å². The molecule has 0 aliphatic carbocycles. The third kappa shape index (κ3) is 6.53. The van der Waals surface area contributed by atoms with E-state index in [0.29, 0.717) is 13.1 Å². The highest BCUT2D eigenvalue weighted by atomic mass is 16.6. The maximum absolute atomic E-state index is 12.1. The highest BCUT2D eigenvalue weighted by Gasteiger charge is 2.34. The van der Waals surface area contributed by atoms with Crippen molar-refractivity contribution in [3.63, 3.8) is 0 Å². The van der Waals surface area contributed by atoms with Gasteiger partial charge in [-0.15, -0.1) is 0 Å². The van der Waals surface area contributed by atoms with Crippen molar-refractivity contribution in [2.24, 2.45) is 0 Å². The molecule has 1 fully saturated rings. The van der Waals surface area contributed by atoms with Gasteiger partial charge in [0, 0.05) is 19.6 Å². The van der Waals surface area contributed by atoms with Crippen LogP contribution < -0.4 is 0 Å². The second kappa shape index (κ2) is 8.16. The molecule has 0 aromatic carbocycles. The van der Waals surface area contributed by atoms with Crippen molar-refractivity contribution < 1.29 is 14.3 Å². The third-order valence-electron chi connectivity index (χ3n) is 4.23. The predicted octanol–water partition coefficient (Wildman–Crippen LogP) is 3.13. The second-order valence-electron chi connectivity index (χ2n) is 7.29. The van der Waals surface area contributed by atoms with E-state index in [-0.39, 0.29) is 11.7 Å². The fraction of sp³-hybridized carbons (Fsp3) is 0.941. The van der Waals surface area contributed by atoms with Crippen molar-refractivity contribution in [2.75, 3.05) is 39.3 Å². The summed E-state index contributed by atoms with van der Waals surface area (Å²) in [7, 11) is 0. The van der Waals surface area contributed by atoms with Crippen LogP contribution in [0.3, 0.4) is 0 Å². The quantitative estimate of drug-likeness (QED) is 0.755. The van der Waals surface area contributed by atoms with Gasteiger partial charge in [0.1, 0.15) is 5.60 Å². The molecule has 1 aliphatic heterocycles. The van der Waals surface area contributed by atoms with Crippen LogP contribution in [0.1, 0.15) is 54.4 Å². The highest BCUT2D eigenvalue weighted by Crippen LogP contribution is 2.26. The molecule has 0 unspecified atom stereocenters. The summed E-state index contributed by atoms with van der Waals surface area (Å²) < 4.78 is 11.5. The molecule has 0 aromatic heterocycles. The van der Waals surface area contributed by atoms with Crippen LogP contribution in [0, 0.1) is 0 Å². The summed E-state index contributed by atoms with van der Waals surface area (Å²) in [5, 5.41) is 0. The van der Waals surface area contributed by atoms with E-state index in [1.54, 1.807) is 4.90 Å². The fourth-order valence-corrected chi connectivity index (χ4v) is 2.59. The summed E-state index contributed by atoms with van der Waals surface area (Å²) in [6.07, 6.45) is 1.52. The molecule has 1 amide bonds. The minimum atomic E-state index is -0.432. The van der Waals surface area contributed by atoms with Gasteiger partial charge in [0.2, 0.25) is 0 Å². The SMILES string of the molecule is CCN(CC)CCOC1(C)CCN(C(=O)OC(C)(C)C)CC1. The largest absolute Gasteiger partial charge is 0.444 e. The van der Waals surface area contributed by atoms with E-state index in [1.165, 1.54) is 0 Å². The third-order valence-corrected chi connectivity index (χ3v) is 4.23. The summed E-state index contributed by atoms with van der Waals surface area (Å²) >= 11 is 0. The normalized spacial score (nSPS) is 18.6. The number of amides is 1. The predicted molar refractivity (Wildman–Crippen MR) is 89.2 cm³/mol. The van der Waals surface area contributed by atoms with E-state index < -0.39 is 5.60 Å². The number of hydrogen-bond donors (Lipinski definition) is 0. The molecule has 0 bridgehead atoms. The molecule has 0 radical (unpaired) electrons. The number of carbonyl (C=O) groups excluding carboxylic acids is 1. The van der Waals surface area contributed by atoms with Crippen LogP contribution in [-0.4, -0.2) is 66.4 Å². The molecular weight excluding hydrogens is 280 g/mol. The molecule has 0 N–H and O–H groups in total. The Balaban J connectivity index is 2.35. The van der Waals surface area contributed by atoms with Crippen LogP contribution in [0.4, 0.5) is 4.79 Å². The first-order valence-corrected chi connectivity index (χ1v) is 8.53. The van der Waals surface area contributed by atoms with E-state index >= 15 is 0 Å². The second-order valence-corrected chi connectivity index (χ2v) is 7.29. The molecule has 1 heterocycles. The lowest BCUT2D eigenvalue weighted by atomic mass is 9.93. The van der Waals surface area contributed by atoms with Gasteiger partial charge in [0.25, 0.3) is 0 Å². The van der Waals surface area contributed by atoms with Gasteiger partial charge in [0.15, 0.2) is 0 Å². The Labute approximate surface area is 135 Å². The molecule has 0 spiro atoms. The number of likely N-dealkylation sites (tertiary alicyclic amines) is 1. The zero-order valence-electron chi connectivity index (χ0n) is 15.3. The van der Waals surface area contributed by atoms with Gasteiger partial charge in [-0.25, -0.2) is 4.79 Å². The van der Waals surface area contributed by atoms with Crippen LogP contribution in [0.25, 0.3) is 0 Å². The number of piperidine rings is 1. The Morgan fingerprint density at radius 3 is 2.18 bits per heavy atom. The van der Waals surface area contributed by atoms with Crippen LogP contribution in [-0.2, 0) is 9.47 Å². The topological polar surface area (TPSA) is 42.0 Å². The van der Waals surface area contributed by atoms with Gasteiger partial charge in [-0.1, -0.05) is 13.8 Å². The first kappa shape index (κ1) is 19.2. The summed E-state index contributed by atoms with van der Waals surface area (Å²) in [5.41, 5.74) is -0.552. The lowest BCUT2D eigenvalue weighted by Gasteiger charge is -2.39. The lowest BCUT2D eigenvalue weighted by Crippen LogP contribution is -2.48. The molecule has 0 saturated carbocycles. The number of nitrogens with zero attached hydrogens (tertiary/aromatic N) is 2. The Morgan fingerprint density at radius 1 is 1.18 bits per heavy atom. The molecule has 0 atom stereocenters. The highest BCUT2D eigenvalue weighted by molar-refractivity contribution is 5.68. The minimum absolute atomic E-state index is 0.119. The standard InChI is InChI=1S/C17H34N2O3/c1-7-18(8-2)13-14-21-17(6)9-11-19(12-10-17)15(20)22-16(3,4)5/h7-14H2,1-6H3. The van der Waals surface area contributed by atoms with E-state index in [4.69, 9.17) is 9.47 Å². The maximum Gasteiger partial charge on any atom is 0.410 e. The van der Waals surface area contributed by atoms with Gasteiger partial charge in [-0.05, 0) is 53.6 Å². The van der Waals surface area contributed by atoms with Crippen LogP contribution in [0.5, 0.6) is 0 Å². The van der Waals surface area contributed by atoms with Gasteiger partial charge < -0.3 is 19.3 Å². The van der Waals surface area contributed by atoms with Crippen molar-refractivity contribution in [1.82, 2.24) is 9.80 Å². The molecule has 22 heavy (non-hydrogen) atoms. The first-order chi connectivity index (χ1) is 10.2. The van der Waals surface area contributed by atoms with Crippen molar-refractivity contribution in [1.29, 1.82) is 0 Å². The number of carbonyl (C=O) groups is 1. The number of ether oxygens (including phenoxy) is 2. The number of rotatable bonds is 6. The molecule has 0 aromatic rings. The molecule has 5 nitrogen and oxygen atoms in total. The van der Waals surface area contributed by atoms with E-state index in [1.807, 2.05) is 20.8 Å². The average Bonchev–Trinajstić information content (AvgIpc) is 2.42. The Hall–Kier alpha value is -0.810. The van der Waals surface area contributed by atoms with E-state index in [9.17, 15) is 4.79 Å². The van der Waals surface area contributed by atoms with Crippen LogP contribution in [0.15, 0.2) is 0 Å².